The summed E-state index contributed by atoms with van der Waals surface area (Å²) in [5, 5.41) is 12.3. The second kappa shape index (κ2) is 13.3. The Morgan fingerprint density at radius 1 is 0.694 bits per heavy atom. The molecule has 0 atom stereocenters. The molecule has 0 radical (unpaired) electrons. The molecule has 36 heavy (non-hydrogen) atoms. The first kappa shape index (κ1) is 28.3. The van der Waals surface area contributed by atoms with Crippen molar-refractivity contribution in [2.24, 2.45) is 0 Å². The minimum absolute atomic E-state index is 0.159. The van der Waals surface area contributed by atoms with Crippen LogP contribution in [-0.2, 0) is 11.1 Å². The van der Waals surface area contributed by atoms with Gasteiger partial charge >= 0.3 is 12.1 Å². The largest absolute Gasteiger partial charge is 0.337 e. The van der Waals surface area contributed by atoms with E-state index in [2.05, 4.69) is 37.1 Å². The van der Waals surface area contributed by atoms with Gasteiger partial charge < -0.3 is 31.1 Å². The number of hydrogen-bond acceptors (Lipinski definition) is 4. The highest BCUT2D eigenvalue weighted by atomic mass is 16.2. The van der Waals surface area contributed by atoms with Crippen molar-refractivity contribution in [2.45, 2.75) is 77.3 Å². The molecule has 202 valence electrons. The molecule has 0 aromatic heterocycles. The van der Waals surface area contributed by atoms with Gasteiger partial charge in [0.2, 0.25) is 0 Å². The van der Waals surface area contributed by atoms with Gasteiger partial charge in [-0.1, -0.05) is 37.1 Å². The van der Waals surface area contributed by atoms with Gasteiger partial charge in [0.25, 0.3) is 0 Å². The number of nitrogens with one attached hydrogen (secondary N) is 4. The van der Waals surface area contributed by atoms with E-state index in [1.54, 1.807) is 0 Å². The molecule has 4 amide bonds. The van der Waals surface area contributed by atoms with Crippen LogP contribution in [0.4, 0.5) is 9.59 Å². The molecule has 1 aromatic carbocycles. The molecule has 0 unspecified atom stereocenters. The first-order chi connectivity index (χ1) is 17.2. The zero-order valence-corrected chi connectivity index (χ0v) is 22.9. The lowest BCUT2D eigenvalue weighted by Gasteiger charge is -2.32. The Morgan fingerprint density at radius 3 is 1.47 bits per heavy atom. The van der Waals surface area contributed by atoms with Gasteiger partial charge in [-0.25, -0.2) is 9.59 Å². The number of nitrogens with zero attached hydrogens (tertiary/aromatic N) is 2. The molecule has 2 saturated heterocycles. The van der Waals surface area contributed by atoms with Gasteiger partial charge in [-0.05, 0) is 90.7 Å². The third-order valence-electron chi connectivity index (χ3n) is 7.48. The highest BCUT2D eigenvalue weighted by Crippen LogP contribution is 2.26. The smallest absolute Gasteiger partial charge is 0.315 e. The molecule has 4 N–H and O–H groups in total. The number of rotatable bonds is 10. The van der Waals surface area contributed by atoms with Crippen LogP contribution < -0.4 is 21.3 Å². The molecule has 2 aliphatic heterocycles. The zero-order valence-electron chi connectivity index (χ0n) is 22.9. The van der Waals surface area contributed by atoms with Crippen LogP contribution in [0.5, 0.6) is 0 Å². The number of urea groups is 2. The standard InChI is InChI=1S/C28H48N6O2/c1-27(2,31-25(35)29-14-20-33-16-7-5-8-17-33)23-12-11-13-24(22-23)28(3,4)32-26(36)30-15-21-34-18-9-6-10-19-34/h11-13,22H,5-10,14-21H2,1-4H3,(H2,29,31,35)(H2,30,32,36). The van der Waals surface area contributed by atoms with Gasteiger partial charge in [-0.15, -0.1) is 0 Å². The normalized spacial score (nSPS) is 17.9. The first-order valence-electron chi connectivity index (χ1n) is 13.8. The highest BCUT2D eigenvalue weighted by molar-refractivity contribution is 5.75. The van der Waals surface area contributed by atoms with E-state index < -0.39 is 11.1 Å². The van der Waals surface area contributed by atoms with Crippen LogP contribution in [0.2, 0.25) is 0 Å². The molecule has 0 spiro atoms. The average molecular weight is 501 g/mol. The summed E-state index contributed by atoms with van der Waals surface area (Å²) >= 11 is 0. The van der Waals surface area contributed by atoms with E-state index in [0.717, 1.165) is 50.4 Å². The van der Waals surface area contributed by atoms with E-state index in [1.165, 1.54) is 38.5 Å². The van der Waals surface area contributed by atoms with Crippen LogP contribution in [0.3, 0.4) is 0 Å². The van der Waals surface area contributed by atoms with Gasteiger partial charge in [0, 0.05) is 26.2 Å². The minimum atomic E-state index is -0.558. The average Bonchev–Trinajstić information content (AvgIpc) is 2.85. The highest BCUT2D eigenvalue weighted by Gasteiger charge is 2.27. The van der Waals surface area contributed by atoms with E-state index >= 15 is 0 Å². The van der Waals surface area contributed by atoms with Crippen molar-refractivity contribution in [3.05, 3.63) is 35.4 Å². The number of amides is 4. The third kappa shape index (κ3) is 8.96. The monoisotopic (exact) mass is 500 g/mol. The Kier molecular flexibility index (Phi) is 10.4. The molecule has 0 saturated carbocycles. The predicted molar refractivity (Wildman–Crippen MR) is 146 cm³/mol. The zero-order chi connectivity index (χ0) is 26.0. The fourth-order valence-corrected chi connectivity index (χ4v) is 5.12. The van der Waals surface area contributed by atoms with E-state index in [-0.39, 0.29) is 12.1 Å². The first-order valence-corrected chi connectivity index (χ1v) is 13.8. The summed E-state index contributed by atoms with van der Waals surface area (Å²) in [7, 11) is 0. The minimum Gasteiger partial charge on any atom is -0.337 e. The van der Waals surface area contributed by atoms with Gasteiger partial charge in [-0.2, -0.15) is 0 Å². The molecule has 0 bridgehead atoms. The van der Waals surface area contributed by atoms with Crippen LogP contribution >= 0.6 is 0 Å². The van der Waals surface area contributed by atoms with Crippen LogP contribution in [0.15, 0.2) is 24.3 Å². The molecule has 8 heteroatoms. The molecular formula is C28H48N6O2. The number of piperidine rings is 2. The maximum atomic E-state index is 12.6. The fraction of sp³-hybridized carbons (Fsp3) is 0.714. The van der Waals surface area contributed by atoms with Gasteiger partial charge in [0.15, 0.2) is 0 Å². The van der Waals surface area contributed by atoms with Crippen molar-refractivity contribution < 1.29 is 9.59 Å². The van der Waals surface area contributed by atoms with Crippen molar-refractivity contribution >= 4 is 12.1 Å². The van der Waals surface area contributed by atoms with Crippen LogP contribution in [0, 0.1) is 0 Å². The van der Waals surface area contributed by atoms with E-state index in [4.69, 9.17) is 0 Å². The lowest BCUT2D eigenvalue weighted by Crippen LogP contribution is -2.49. The summed E-state index contributed by atoms with van der Waals surface area (Å²) in [4.78, 5) is 30.0. The second-order valence-corrected chi connectivity index (χ2v) is 11.4. The van der Waals surface area contributed by atoms with Gasteiger partial charge in [0.1, 0.15) is 0 Å². The Morgan fingerprint density at radius 2 is 1.08 bits per heavy atom. The molecule has 8 nitrogen and oxygen atoms in total. The van der Waals surface area contributed by atoms with Crippen LogP contribution in [0.1, 0.15) is 77.3 Å². The number of hydrogen-bond donors (Lipinski definition) is 4. The van der Waals surface area contributed by atoms with E-state index in [0.29, 0.717) is 13.1 Å². The quantitative estimate of drug-likeness (QED) is 0.394. The Labute approximate surface area is 217 Å². The van der Waals surface area contributed by atoms with Crippen LogP contribution in [-0.4, -0.2) is 74.2 Å². The summed E-state index contributed by atoms with van der Waals surface area (Å²) < 4.78 is 0. The number of carbonyl (C=O) groups is 2. The van der Waals surface area contributed by atoms with Crippen molar-refractivity contribution in [3.63, 3.8) is 0 Å². The maximum Gasteiger partial charge on any atom is 0.315 e. The lowest BCUT2D eigenvalue weighted by molar-refractivity contribution is 0.215. The molecule has 2 aliphatic rings. The maximum absolute atomic E-state index is 12.6. The summed E-state index contributed by atoms with van der Waals surface area (Å²) in [6, 6.07) is 7.78. The summed E-state index contributed by atoms with van der Waals surface area (Å²) in [6.45, 7) is 15.6. The topological polar surface area (TPSA) is 88.7 Å². The number of benzene rings is 1. The predicted octanol–water partition coefficient (Wildman–Crippen LogP) is 3.73. The molecule has 0 aliphatic carbocycles. The number of carbonyl (C=O) groups excluding carboxylic acids is 2. The Hall–Kier alpha value is -2.32. The van der Waals surface area contributed by atoms with Crippen LogP contribution in [0.25, 0.3) is 0 Å². The fourth-order valence-electron chi connectivity index (χ4n) is 5.12. The van der Waals surface area contributed by atoms with Crippen molar-refractivity contribution in [1.82, 2.24) is 31.1 Å². The molecule has 1 aromatic rings. The third-order valence-corrected chi connectivity index (χ3v) is 7.48. The summed E-state index contributed by atoms with van der Waals surface area (Å²) in [5.74, 6) is 0. The summed E-state index contributed by atoms with van der Waals surface area (Å²) in [5.41, 5.74) is 0.869. The van der Waals surface area contributed by atoms with Crippen molar-refractivity contribution in [1.29, 1.82) is 0 Å². The lowest BCUT2D eigenvalue weighted by atomic mass is 9.87. The van der Waals surface area contributed by atoms with Crippen molar-refractivity contribution in [2.75, 3.05) is 52.4 Å². The molecule has 2 fully saturated rings. The van der Waals surface area contributed by atoms with Gasteiger partial charge in [0.05, 0.1) is 11.1 Å². The van der Waals surface area contributed by atoms with E-state index in [1.807, 2.05) is 45.9 Å². The van der Waals surface area contributed by atoms with E-state index in [9.17, 15) is 9.59 Å². The van der Waals surface area contributed by atoms with Crippen molar-refractivity contribution in [3.8, 4) is 0 Å². The molecular weight excluding hydrogens is 452 g/mol. The number of likely N-dealkylation sites (tertiary alicyclic amines) is 2. The molecule has 3 rings (SSSR count). The van der Waals surface area contributed by atoms with Gasteiger partial charge in [-0.3, -0.25) is 0 Å². The molecule has 2 heterocycles. The summed E-state index contributed by atoms with van der Waals surface area (Å²) in [6.07, 6.45) is 7.63. The second-order valence-electron chi connectivity index (χ2n) is 11.4. The Balaban J connectivity index is 1.48. The Bertz CT molecular complexity index is 779. The SMILES string of the molecule is CC(C)(NC(=O)NCCN1CCCCC1)c1cccc(C(C)(C)NC(=O)NCCN2CCCCC2)c1.